The summed E-state index contributed by atoms with van der Waals surface area (Å²) in [6, 6.07) is 0.698. The van der Waals surface area contributed by atoms with Gasteiger partial charge in [0.2, 0.25) is 0 Å². The average Bonchev–Trinajstić information content (AvgIpc) is 2.23. The molecular formula is C12H23NO2. The minimum absolute atomic E-state index is 0.523. The van der Waals surface area contributed by atoms with Crippen LogP contribution in [0.2, 0.25) is 0 Å². The van der Waals surface area contributed by atoms with Crippen molar-refractivity contribution in [3.05, 3.63) is 0 Å². The van der Waals surface area contributed by atoms with Gasteiger partial charge in [0.05, 0.1) is 12.7 Å². The predicted octanol–water partition coefficient (Wildman–Crippen LogP) is 1.57. The molecule has 1 aliphatic heterocycles. The molecule has 0 aromatic rings. The summed E-state index contributed by atoms with van der Waals surface area (Å²) in [5, 5.41) is 3.62. The van der Waals surface area contributed by atoms with Crippen LogP contribution < -0.4 is 5.32 Å². The van der Waals surface area contributed by atoms with Crippen LogP contribution in [0.1, 0.15) is 32.6 Å². The van der Waals surface area contributed by atoms with Crippen LogP contribution in [0.15, 0.2) is 0 Å². The lowest BCUT2D eigenvalue weighted by atomic mass is 9.88. The van der Waals surface area contributed by atoms with E-state index in [-0.39, 0.29) is 0 Å². The molecular weight excluding hydrogens is 190 g/mol. The third-order valence-corrected chi connectivity index (χ3v) is 3.45. The standard InChI is InChI=1S/C12H23NO2/c1-2-15-12-6-11(7-12)13-8-10-4-3-5-14-9-10/h10-13H,2-9H2,1H3. The number of ether oxygens (including phenoxy) is 2. The molecule has 0 amide bonds. The quantitative estimate of drug-likeness (QED) is 0.752. The Bertz CT molecular complexity index is 174. The van der Waals surface area contributed by atoms with Crippen LogP contribution in [0, 0.1) is 5.92 Å². The Hall–Kier alpha value is -0.120. The monoisotopic (exact) mass is 213 g/mol. The Labute approximate surface area is 92.5 Å². The highest BCUT2D eigenvalue weighted by Crippen LogP contribution is 2.23. The lowest BCUT2D eigenvalue weighted by Gasteiger charge is -2.36. The van der Waals surface area contributed by atoms with Crippen molar-refractivity contribution in [2.24, 2.45) is 5.92 Å². The Balaban J connectivity index is 1.52. The van der Waals surface area contributed by atoms with Crippen LogP contribution in [0.5, 0.6) is 0 Å². The van der Waals surface area contributed by atoms with E-state index < -0.39 is 0 Å². The van der Waals surface area contributed by atoms with Crippen LogP contribution >= 0.6 is 0 Å². The number of hydrogen-bond donors (Lipinski definition) is 1. The van der Waals surface area contributed by atoms with Gasteiger partial charge in [0.25, 0.3) is 0 Å². The molecule has 1 unspecified atom stereocenters. The molecule has 2 aliphatic rings. The molecule has 0 aromatic heterocycles. The minimum Gasteiger partial charge on any atom is -0.381 e. The smallest absolute Gasteiger partial charge is 0.0604 e. The van der Waals surface area contributed by atoms with Gasteiger partial charge in [0.15, 0.2) is 0 Å². The third-order valence-electron chi connectivity index (χ3n) is 3.45. The van der Waals surface area contributed by atoms with Gasteiger partial charge in [-0.3, -0.25) is 0 Å². The van der Waals surface area contributed by atoms with E-state index in [9.17, 15) is 0 Å². The molecule has 1 saturated carbocycles. The molecule has 1 heterocycles. The summed E-state index contributed by atoms with van der Waals surface area (Å²) in [5.74, 6) is 0.741. The molecule has 0 spiro atoms. The summed E-state index contributed by atoms with van der Waals surface area (Å²) >= 11 is 0. The molecule has 1 saturated heterocycles. The van der Waals surface area contributed by atoms with Gasteiger partial charge in [-0.1, -0.05) is 0 Å². The first-order chi connectivity index (χ1) is 7.38. The molecule has 2 fully saturated rings. The number of hydrogen-bond acceptors (Lipinski definition) is 3. The van der Waals surface area contributed by atoms with E-state index in [1.807, 2.05) is 0 Å². The van der Waals surface area contributed by atoms with Crippen molar-refractivity contribution in [3.8, 4) is 0 Å². The van der Waals surface area contributed by atoms with Crippen molar-refractivity contribution in [1.29, 1.82) is 0 Å². The van der Waals surface area contributed by atoms with Crippen molar-refractivity contribution in [2.75, 3.05) is 26.4 Å². The highest BCUT2D eigenvalue weighted by atomic mass is 16.5. The Morgan fingerprint density at radius 1 is 1.40 bits per heavy atom. The van der Waals surface area contributed by atoms with Gasteiger partial charge < -0.3 is 14.8 Å². The number of rotatable bonds is 5. The lowest BCUT2D eigenvalue weighted by Crippen LogP contribution is -2.47. The Morgan fingerprint density at radius 3 is 2.93 bits per heavy atom. The van der Waals surface area contributed by atoms with Crippen molar-refractivity contribution in [1.82, 2.24) is 5.32 Å². The summed E-state index contributed by atoms with van der Waals surface area (Å²) in [6.45, 7) is 5.97. The van der Waals surface area contributed by atoms with Crippen molar-refractivity contribution >= 4 is 0 Å². The van der Waals surface area contributed by atoms with Gasteiger partial charge in [0.1, 0.15) is 0 Å². The van der Waals surface area contributed by atoms with Crippen LogP contribution in [0.25, 0.3) is 0 Å². The molecule has 15 heavy (non-hydrogen) atoms. The molecule has 0 radical (unpaired) electrons. The second-order valence-corrected chi connectivity index (χ2v) is 4.74. The first-order valence-electron chi connectivity index (χ1n) is 6.31. The zero-order valence-corrected chi connectivity index (χ0v) is 9.71. The van der Waals surface area contributed by atoms with Gasteiger partial charge in [-0.15, -0.1) is 0 Å². The molecule has 3 heteroatoms. The van der Waals surface area contributed by atoms with E-state index in [1.54, 1.807) is 0 Å². The van der Waals surface area contributed by atoms with E-state index in [1.165, 1.54) is 25.7 Å². The fourth-order valence-corrected chi connectivity index (χ4v) is 2.41. The first-order valence-corrected chi connectivity index (χ1v) is 6.31. The van der Waals surface area contributed by atoms with E-state index in [0.29, 0.717) is 12.1 Å². The highest BCUT2D eigenvalue weighted by molar-refractivity contribution is 4.86. The third kappa shape index (κ3) is 3.44. The molecule has 1 N–H and O–H groups in total. The van der Waals surface area contributed by atoms with Crippen LogP contribution in [-0.4, -0.2) is 38.5 Å². The fourth-order valence-electron chi connectivity index (χ4n) is 2.41. The zero-order chi connectivity index (χ0) is 10.5. The van der Waals surface area contributed by atoms with Crippen LogP contribution in [-0.2, 0) is 9.47 Å². The topological polar surface area (TPSA) is 30.5 Å². The Morgan fingerprint density at radius 2 is 2.27 bits per heavy atom. The molecule has 88 valence electrons. The minimum atomic E-state index is 0.523. The maximum atomic E-state index is 5.54. The van der Waals surface area contributed by atoms with Crippen LogP contribution in [0.4, 0.5) is 0 Å². The van der Waals surface area contributed by atoms with E-state index in [0.717, 1.165) is 32.3 Å². The van der Waals surface area contributed by atoms with Crippen molar-refractivity contribution < 1.29 is 9.47 Å². The average molecular weight is 213 g/mol. The molecule has 0 bridgehead atoms. The normalized spacial score (nSPS) is 36.2. The van der Waals surface area contributed by atoms with Gasteiger partial charge in [-0.2, -0.15) is 0 Å². The second kappa shape index (κ2) is 5.83. The van der Waals surface area contributed by atoms with Gasteiger partial charge in [0, 0.05) is 25.8 Å². The highest BCUT2D eigenvalue weighted by Gasteiger charge is 2.29. The maximum absolute atomic E-state index is 5.54. The van der Waals surface area contributed by atoms with E-state index in [4.69, 9.17) is 9.47 Å². The summed E-state index contributed by atoms with van der Waals surface area (Å²) in [4.78, 5) is 0. The number of nitrogens with one attached hydrogen (secondary N) is 1. The maximum Gasteiger partial charge on any atom is 0.0604 e. The van der Waals surface area contributed by atoms with Crippen molar-refractivity contribution in [2.45, 2.75) is 44.8 Å². The van der Waals surface area contributed by atoms with E-state index >= 15 is 0 Å². The largest absolute Gasteiger partial charge is 0.381 e. The molecule has 1 atom stereocenters. The molecule has 1 aliphatic carbocycles. The predicted molar refractivity (Wildman–Crippen MR) is 60.0 cm³/mol. The SMILES string of the molecule is CCOC1CC(NCC2CCCOC2)C1. The summed E-state index contributed by atoms with van der Waals surface area (Å²) in [7, 11) is 0. The molecule has 3 nitrogen and oxygen atoms in total. The summed E-state index contributed by atoms with van der Waals surface area (Å²) in [5.41, 5.74) is 0. The van der Waals surface area contributed by atoms with Crippen molar-refractivity contribution in [3.63, 3.8) is 0 Å². The summed E-state index contributed by atoms with van der Waals surface area (Å²) in [6.07, 6.45) is 5.48. The summed E-state index contributed by atoms with van der Waals surface area (Å²) < 4.78 is 11.0. The second-order valence-electron chi connectivity index (χ2n) is 4.74. The van der Waals surface area contributed by atoms with Gasteiger partial charge in [-0.05, 0) is 38.5 Å². The van der Waals surface area contributed by atoms with Gasteiger partial charge in [-0.25, -0.2) is 0 Å². The fraction of sp³-hybridized carbons (Fsp3) is 1.00. The van der Waals surface area contributed by atoms with Gasteiger partial charge >= 0.3 is 0 Å². The molecule has 0 aromatic carbocycles. The van der Waals surface area contributed by atoms with Crippen LogP contribution in [0.3, 0.4) is 0 Å². The Kier molecular flexibility index (Phi) is 4.42. The lowest BCUT2D eigenvalue weighted by molar-refractivity contribution is -0.0133. The van der Waals surface area contributed by atoms with E-state index in [2.05, 4.69) is 12.2 Å². The zero-order valence-electron chi connectivity index (χ0n) is 9.71. The molecule has 2 rings (SSSR count). The first kappa shape index (κ1) is 11.4.